The van der Waals surface area contributed by atoms with E-state index >= 15 is 0 Å². The summed E-state index contributed by atoms with van der Waals surface area (Å²) in [6, 6.07) is 1.65. The predicted octanol–water partition coefficient (Wildman–Crippen LogP) is 1.03. The maximum Gasteiger partial charge on any atom is 0.260 e. The van der Waals surface area contributed by atoms with Crippen molar-refractivity contribution in [1.29, 1.82) is 0 Å². The highest BCUT2D eigenvalue weighted by Crippen LogP contribution is 2.09. The summed E-state index contributed by atoms with van der Waals surface area (Å²) < 4.78 is 4.67. The van der Waals surface area contributed by atoms with Gasteiger partial charge in [-0.1, -0.05) is 5.16 Å². The van der Waals surface area contributed by atoms with Crippen molar-refractivity contribution in [3.05, 3.63) is 36.0 Å². The topological polar surface area (TPSA) is 80.9 Å². The summed E-state index contributed by atoms with van der Waals surface area (Å²) in [5.41, 5.74) is 1.54. The van der Waals surface area contributed by atoms with Gasteiger partial charge < -0.3 is 9.84 Å². The summed E-state index contributed by atoms with van der Waals surface area (Å²) in [7, 11) is 0. The summed E-state index contributed by atoms with van der Waals surface area (Å²) in [6.07, 6.45) is 4.26. The molecule has 1 N–H and O–H groups in total. The van der Waals surface area contributed by atoms with E-state index in [1.165, 1.54) is 18.7 Å². The molecule has 0 aliphatic rings. The van der Waals surface area contributed by atoms with Crippen molar-refractivity contribution in [2.45, 2.75) is 6.92 Å². The second kappa shape index (κ2) is 3.87. The van der Waals surface area contributed by atoms with E-state index in [1.54, 1.807) is 13.0 Å². The zero-order valence-corrected chi connectivity index (χ0v) is 7.97. The van der Waals surface area contributed by atoms with Gasteiger partial charge in [0.05, 0.1) is 23.8 Å². The maximum atomic E-state index is 11.6. The first kappa shape index (κ1) is 9.32. The lowest BCUT2D eigenvalue weighted by Gasteiger charge is -2.01. The van der Waals surface area contributed by atoms with Gasteiger partial charge in [0.1, 0.15) is 11.8 Å². The Morgan fingerprint density at radius 3 is 2.93 bits per heavy atom. The van der Waals surface area contributed by atoms with Crippen molar-refractivity contribution >= 4 is 11.6 Å². The molecule has 15 heavy (non-hydrogen) atoms. The Morgan fingerprint density at radius 2 is 2.33 bits per heavy atom. The van der Waals surface area contributed by atoms with Gasteiger partial charge in [-0.2, -0.15) is 10.2 Å². The van der Waals surface area contributed by atoms with Crippen LogP contribution < -0.4 is 5.32 Å². The van der Waals surface area contributed by atoms with Crippen molar-refractivity contribution < 1.29 is 9.32 Å². The molecule has 6 heteroatoms. The molecule has 0 fully saturated rings. The molecule has 0 saturated carbocycles. The molecule has 2 rings (SSSR count). The van der Waals surface area contributed by atoms with Crippen LogP contribution >= 0.6 is 0 Å². The molecule has 1 amide bonds. The predicted molar refractivity (Wildman–Crippen MR) is 51.2 cm³/mol. The molecule has 0 spiro atoms. The van der Waals surface area contributed by atoms with Crippen LogP contribution in [0.3, 0.4) is 0 Å². The van der Waals surface area contributed by atoms with E-state index in [1.807, 2.05) is 0 Å². The number of aromatic nitrogens is 3. The van der Waals surface area contributed by atoms with Crippen LogP contribution in [0.25, 0.3) is 0 Å². The molecular weight excluding hydrogens is 196 g/mol. The number of anilines is 1. The number of amides is 1. The highest BCUT2D eigenvalue weighted by molar-refractivity contribution is 6.04. The molecule has 2 aromatic heterocycles. The minimum Gasteiger partial charge on any atom is -0.364 e. The number of hydrogen-bond acceptors (Lipinski definition) is 5. The summed E-state index contributed by atoms with van der Waals surface area (Å²) in [5.74, 6) is -0.276. The Kier molecular flexibility index (Phi) is 2.40. The first-order valence-electron chi connectivity index (χ1n) is 4.26. The molecule has 76 valence electrons. The van der Waals surface area contributed by atoms with Crippen molar-refractivity contribution in [3.63, 3.8) is 0 Å². The largest absolute Gasteiger partial charge is 0.364 e. The summed E-state index contributed by atoms with van der Waals surface area (Å²) in [4.78, 5) is 11.6. The Hall–Kier alpha value is -2.24. The van der Waals surface area contributed by atoms with Crippen LogP contribution in [0.15, 0.2) is 29.2 Å². The molecule has 2 aromatic rings. The van der Waals surface area contributed by atoms with Crippen molar-refractivity contribution in [2.24, 2.45) is 0 Å². The monoisotopic (exact) mass is 204 g/mol. The quantitative estimate of drug-likeness (QED) is 0.789. The third-order valence-corrected chi connectivity index (χ3v) is 1.84. The highest BCUT2D eigenvalue weighted by atomic mass is 16.5. The van der Waals surface area contributed by atoms with Gasteiger partial charge in [-0.3, -0.25) is 4.79 Å². The van der Waals surface area contributed by atoms with E-state index in [9.17, 15) is 4.79 Å². The van der Waals surface area contributed by atoms with Gasteiger partial charge >= 0.3 is 0 Å². The van der Waals surface area contributed by atoms with Crippen molar-refractivity contribution in [2.75, 3.05) is 5.32 Å². The molecule has 6 nitrogen and oxygen atoms in total. The average molecular weight is 204 g/mol. The number of nitrogens with zero attached hydrogens (tertiary/aromatic N) is 3. The summed E-state index contributed by atoms with van der Waals surface area (Å²) in [5, 5.41) is 13.5. The number of aryl methyl sites for hydroxylation is 1. The second-order valence-electron chi connectivity index (χ2n) is 2.90. The molecule has 0 aliphatic carbocycles. The number of rotatable bonds is 2. The van der Waals surface area contributed by atoms with Crippen LogP contribution in [0, 0.1) is 6.92 Å². The van der Waals surface area contributed by atoms with E-state index in [0.29, 0.717) is 16.9 Å². The number of hydrogen-bond donors (Lipinski definition) is 1. The lowest BCUT2D eigenvalue weighted by atomic mass is 10.2. The van der Waals surface area contributed by atoms with Crippen LogP contribution in [-0.2, 0) is 0 Å². The van der Waals surface area contributed by atoms with Crippen LogP contribution in [0.1, 0.15) is 16.1 Å². The fourth-order valence-electron chi connectivity index (χ4n) is 1.07. The molecule has 0 radical (unpaired) electrons. The number of carbonyl (C=O) groups excluding carboxylic acids is 1. The number of carbonyl (C=O) groups is 1. The normalized spacial score (nSPS) is 9.93. The molecule has 0 unspecified atom stereocenters. The maximum absolute atomic E-state index is 11.6. The van der Waals surface area contributed by atoms with Gasteiger partial charge in [-0.15, -0.1) is 0 Å². The minimum atomic E-state index is -0.276. The van der Waals surface area contributed by atoms with E-state index in [0.717, 1.165) is 0 Å². The van der Waals surface area contributed by atoms with Crippen LogP contribution in [-0.4, -0.2) is 21.3 Å². The minimum absolute atomic E-state index is 0.276. The molecule has 0 bridgehead atoms. The highest BCUT2D eigenvalue weighted by Gasteiger charge is 2.12. The Morgan fingerprint density at radius 1 is 1.47 bits per heavy atom. The third-order valence-electron chi connectivity index (χ3n) is 1.84. The lowest BCUT2D eigenvalue weighted by molar-refractivity contribution is 0.102. The molecule has 0 atom stereocenters. The second-order valence-corrected chi connectivity index (χ2v) is 2.90. The van der Waals surface area contributed by atoms with Gasteiger partial charge in [0.15, 0.2) is 0 Å². The fraction of sp³-hybridized carbons (Fsp3) is 0.111. The molecule has 2 heterocycles. The SMILES string of the molecule is Cc1nocc1C(=O)Nc1ccnnc1. The van der Waals surface area contributed by atoms with Gasteiger partial charge in [0, 0.05) is 0 Å². The fourth-order valence-corrected chi connectivity index (χ4v) is 1.07. The standard InChI is InChI=1S/C9H8N4O2/c1-6-8(5-15-13-6)9(14)12-7-2-3-10-11-4-7/h2-5H,1H3,(H,10,12,14). The zero-order valence-electron chi connectivity index (χ0n) is 7.97. The van der Waals surface area contributed by atoms with Gasteiger partial charge in [0.25, 0.3) is 5.91 Å². The molecule has 0 aromatic carbocycles. The van der Waals surface area contributed by atoms with Crippen molar-refractivity contribution in [3.8, 4) is 0 Å². The lowest BCUT2D eigenvalue weighted by Crippen LogP contribution is -2.12. The van der Waals surface area contributed by atoms with Crippen LogP contribution in [0.5, 0.6) is 0 Å². The number of nitrogens with one attached hydrogen (secondary N) is 1. The van der Waals surface area contributed by atoms with E-state index in [4.69, 9.17) is 0 Å². The first-order chi connectivity index (χ1) is 7.27. The summed E-state index contributed by atoms with van der Waals surface area (Å²) >= 11 is 0. The van der Waals surface area contributed by atoms with E-state index in [2.05, 4.69) is 25.2 Å². The van der Waals surface area contributed by atoms with E-state index < -0.39 is 0 Å². The van der Waals surface area contributed by atoms with E-state index in [-0.39, 0.29) is 5.91 Å². The van der Waals surface area contributed by atoms with Gasteiger partial charge in [-0.25, -0.2) is 0 Å². The van der Waals surface area contributed by atoms with Gasteiger partial charge in [0.2, 0.25) is 0 Å². The Balaban J connectivity index is 2.15. The average Bonchev–Trinajstić information content (AvgIpc) is 2.66. The van der Waals surface area contributed by atoms with Gasteiger partial charge in [-0.05, 0) is 13.0 Å². The smallest absolute Gasteiger partial charge is 0.260 e. The molecule has 0 saturated heterocycles. The Labute approximate surface area is 85.3 Å². The molecular formula is C9H8N4O2. The molecule has 0 aliphatic heterocycles. The summed E-state index contributed by atoms with van der Waals surface area (Å²) in [6.45, 7) is 1.70. The third kappa shape index (κ3) is 1.98. The first-order valence-corrected chi connectivity index (χ1v) is 4.26. The van der Waals surface area contributed by atoms with Crippen LogP contribution in [0.4, 0.5) is 5.69 Å². The van der Waals surface area contributed by atoms with Crippen LogP contribution in [0.2, 0.25) is 0 Å². The Bertz CT molecular complexity index is 466. The van der Waals surface area contributed by atoms with Crippen molar-refractivity contribution in [1.82, 2.24) is 15.4 Å². The zero-order chi connectivity index (χ0) is 10.7.